The third kappa shape index (κ3) is 2.93. The minimum Gasteiger partial charge on any atom is -0.473 e. The highest BCUT2D eigenvalue weighted by molar-refractivity contribution is 6.28. The van der Waals surface area contributed by atoms with Gasteiger partial charge in [-0.3, -0.25) is 9.59 Å². The van der Waals surface area contributed by atoms with E-state index in [1.807, 2.05) is 0 Å². The fourth-order valence-corrected chi connectivity index (χ4v) is 7.03. The molecule has 0 aromatic carbocycles. The maximum atomic E-state index is 16.9. The quantitative estimate of drug-likeness (QED) is 0.497. The van der Waals surface area contributed by atoms with Gasteiger partial charge in [-0.25, -0.2) is 18.4 Å². The summed E-state index contributed by atoms with van der Waals surface area (Å²) in [6, 6.07) is 0. The molecule has 0 bridgehead atoms. The van der Waals surface area contributed by atoms with Gasteiger partial charge in [-0.05, 0) is 61.7 Å². The van der Waals surface area contributed by atoms with Crippen molar-refractivity contribution in [3.05, 3.63) is 23.8 Å². The Hall–Kier alpha value is -2.42. The van der Waals surface area contributed by atoms with Crippen LogP contribution >= 0.6 is 0 Å². The van der Waals surface area contributed by atoms with E-state index in [0.29, 0.717) is 12.8 Å². The molecular formula is C23H26F2O7. The predicted octanol–water partition coefficient (Wildman–Crippen LogP) is 2.12. The van der Waals surface area contributed by atoms with Crippen LogP contribution in [0.1, 0.15) is 39.5 Å². The highest BCUT2D eigenvalue weighted by atomic mass is 19.1. The van der Waals surface area contributed by atoms with Crippen LogP contribution in [-0.4, -0.2) is 58.3 Å². The number of rotatable bonds is 3. The molecule has 0 aliphatic heterocycles. The van der Waals surface area contributed by atoms with Crippen LogP contribution in [0.25, 0.3) is 0 Å². The number of carboxylic acid groups (broad SMARTS) is 1. The van der Waals surface area contributed by atoms with E-state index in [9.17, 15) is 24.3 Å². The van der Waals surface area contributed by atoms with Gasteiger partial charge in [0.15, 0.2) is 23.8 Å². The summed E-state index contributed by atoms with van der Waals surface area (Å²) in [4.78, 5) is 46.4. The molecule has 32 heavy (non-hydrogen) atoms. The summed E-state index contributed by atoms with van der Waals surface area (Å²) in [6.07, 6.45) is 1.13. The van der Waals surface area contributed by atoms with E-state index < -0.39 is 76.6 Å². The van der Waals surface area contributed by atoms with Gasteiger partial charge in [0, 0.05) is 17.3 Å². The zero-order valence-corrected chi connectivity index (χ0v) is 17.8. The highest BCUT2D eigenvalue weighted by Crippen LogP contribution is 2.69. The molecule has 0 amide bonds. The molecule has 6 unspecified atom stereocenters. The predicted molar refractivity (Wildman–Crippen MR) is 106 cm³/mol. The molecule has 4 rings (SSSR count). The van der Waals surface area contributed by atoms with Crippen molar-refractivity contribution in [3.63, 3.8) is 0 Å². The van der Waals surface area contributed by atoms with Crippen molar-refractivity contribution in [2.24, 2.45) is 28.6 Å². The van der Waals surface area contributed by atoms with E-state index >= 15 is 8.78 Å². The van der Waals surface area contributed by atoms with Gasteiger partial charge in [-0.2, -0.15) is 0 Å². The first-order chi connectivity index (χ1) is 14.9. The van der Waals surface area contributed by atoms with Crippen LogP contribution in [0.4, 0.5) is 8.78 Å². The summed E-state index contributed by atoms with van der Waals surface area (Å²) in [5.41, 5.74) is -4.52. The fraction of sp³-hybridized carbons (Fsp3) is 0.652. The van der Waals surface area contributed by atoms with Gasteiger partial charge < -0.3 is 14.9 Å². The number of hydrogen-bond acceptors (Lipinski definition) is 6. The summed E-state index contributed by atoms with van der Waals surface area (Å²) < 4.78 is 36.7. The standard InChI is InChI=1S/C23H26F2O7/c1-21-9-18(28)23(25)14(8-16(24)15-7-11(26)5-6-22(15,23)2)12(21)3-4-13(21)17(27)10-32-20(31)19(29)30/h5-7,12-14,16,18,28H,3-4,8-10H2,1-2H3,(H,29,30)/t12?,13?,14?,16-,18?,21?,22?,23-/m0/s1. The number of ether oxygens (including phenoxy) is 1. The van der Waals surface area contributed by atoms with Crippen LogP contribution in [0.15, 0.2) is 23.8 Å². The lowest BCUT2D eigenvalue weighted by Crippen LogP contribution is -2.68. The van der Waals surface area contributed by atoms with E-state index in [4.69, 9.17) is 5.11 Å². The lowest BCUT2D eigenvalue weighted by molar-refractivity contribution is -0.202. The van der Waals surface area contributed by atoms with Crippen molar-refractivity contribution in [1.82, 2.24) is 0 Å². The minimum atomic E-state index is -2.21. The van der Waals surface area contributed by atoms with Gasteiger partial charge >= 0.3 is 11.9 Å². The average Bonchev–Trinajstić information content (AvgIpc) is 3.06. The second-order valence-electron chi connectivity index (χ2n) is 9.93. The number of aliphatic hydroxyl groups excluding tert-OH is 1. The molecule has 7 nitrogen and oxygen atoms in total. The number of esters is 1. The second kappa shape index (κ2) is 7.30. The van der Waals surface area contributed by atoms with E-state index in [1.165, 1.54) is 19.1 Å². The Morgan fingerprint density at radius 2 is 1.91 bits per heavy atom. The van der Waals surface area contributed by atoms with Crippen LogP contribution in [-0.2, 0) is 23.9 Å². The van der Waals surface area contributed by atoms with Gasteiger partial charge in [0.05, 0.1) is 6.10 Å². The Morgan fingerprint density at radius 1 is 1.22 bits per heavy atom. The number of carboxylic acids is 1. The molecular weight excluding hydrogens is 426 g/mol. The lowest BCUT2D eigenvalue weighted by atomic mass is 9.45. The summed E-state index contributed by atoms with van der Waals surface area (Å²) in [5, 5.41) is 19.7. The van der Waals surface area contributed by atoms with Crippen LogP contribution in [0, 0.1) is 28.6 Å². The molecule has 3 fully saturated rings. The normalized spacial score (nSPS) is 44.7. The summed E-state index contributed by atoms with van der Waals surface area (Å²) in [5.74, 6) is -6.24. The van der Waals surface area contributed by atoms with Gasteiger partial charge in [0.1, 0.15) is 6.17 Å². The molecule has 2 N–H and O–H groups in total. The Morgan fingerprint density at radius 3 is 2.56 bits per heavy atom. The van der Waals surface area contributed by atoms with Crippen molar-refractivity contribution in [2.45, 2.75) is 57.5 Å². The molecule has 4 aliphatic carbocycles. The summed E-state index contributed by atoms with van der Waals surface area (Å²) in [6.45, 7) is 2.55. The molecule has 0 spiro atoms. The highest BCUT2D eigenvalue weighted by Gasteiger charge is 2.72. The van der Waals surface area contributed by atoms with Crippen molar-refractivity contribution in [1.29, 1.82) is 0 Å². The molecule has 8 atom stereocenters. The van der Waals surface area contributed by atoms with E-state index in [0.717, 1.165) is 6.08 Å². The number of carbonyl (C=O) groups excluding carboxylic acids is 3. The van der Waals surface area contributed by atoms with Gasteiger partial charge in [-0.15, -0.1) is 0 Å². The van der Waals surface area contributed by atoms with Crippen LogP contribution in [0.2, 0.25) is 0 Å². The zero-order valence-electron chi connectivity index (χ0n) is 17.8. The lowest BCUT2D eigenvalue weighted by Gasteiger charge is -2.62. The molecule has 174 valence electrons. The van der Waals surface area contributed by atoms with Crippen molar-refractivity contribution in [3.8, 4) is 0 Å². The number of halogens is 2. The molecule has 0 aromatic rings. The molecule has 3 saturated carbocycles. The molecule has 4 aliphatic rings. The molecule has 9 heteroatoms. The Balaban J connectivity index is 1.65. The molecule has 0 heterocycles. The third-order valence-electron chi connectivity index (χ3n) is 8.53. The van der Waals surface area contributed by atoms with Crippen molar-refractivity contribution < 1.29 is 42.9 Å². The van der Waals surface area contributed by atoms with Gasteiger partial charge in [-0.1, -0.05) is 13.0 Å². The number of Topliss-reactive ketones (excluding diaryl/α,β-unsaturated/α-hetero) is 1. The Labute approximate surface area is 183 Å². The number of ketones is 2. The first-order valence-corrected chi connectivity index (χ1v) is 10.8. The van der Waals surface area contributed by atoms with Crippen LogP contribution < -0.4 is 0 Å². The summed E-state index contributed by atoms with van der Waals surface area (Å²) in [7, 11) is 0. The Bertz CT molecular complexity index is 958. The largest absolute Gasteiger partial charge is 0.473 e. The number of allylic oxidation sites excluding steroid dienone is 4. The Kier molecular flexibility index (Phi) is 5.19. The molecule has 0 radical (unpaired) electrons. The first kappa shape index (κ1) is 22.8. The maximum absolute atomic E-state index is 16.9. The number of alkyl halides is 2. The fourth-order valence-electron chi connectivity index (χ4n) is 7.03. The van der Waals surface area contributed by atoms with Gasteiger partial charge in [0.25, 0.3) is 0 Å². The van der Waals surface area contributed by atoms with Crippen LogP contribution in [0.3, 0.4) is 0 Å². The smallest absolute Gasteiger partial charge is 0.417 e. The SMILES string of the molecule is CC12CC(O)[C@@]3(F)C(C[C@H](F)C4=CC(=O)C=CC43C)C1CCC2C(=O)COC(=O)C(=O)O. The number of hydrogen-bond donors (Lipinski definition) is 2. The average molecular weight is 452 g/mol. The molecule has 0 saturated heterocycles. The number of aliphatic carboxylic acids is 1. The van der Waals surface area contributed by atoms with E-state index in [2.05, 4.69) is 4.74 Å². The number of aliphatic hydroxyl groups is 1. The number of carbonyl (C=O) groups is 4. The third-order valence-corrected chi connectivity index (χ3v) is 8.53. The first-order valence-electron chi connectivity index (χ1n) is 10.8. The van der Waals surface area contributed by atoms with Crippen molar-refractivity contribution >= 4 is 23.5 Å². The summed E-state index contributed by atoms with van der Waals surface area (Å²) >= 11 is 0. The van der Waals surface area contributed by atoms with Crippen LogP contribution in [0.5, 0.6) is 0 Å². The van der Waals surface area contributed by atoms with E-state index in [1.54, 1.807) is 6.92 Å². The monoisotopic (exact) mass is 452 g/mol. The minimum absolute atomic E-state index is 0.0395. The van der Waals surface area contributed by atoms with E-state index in [-0.39, 0.29) is 18.4 Å². The maximum Gasteiger partial charge on any atom is 0.417 e. The second-order valence-corrected chi connectivity index (χ2v) is 9.93. The topological polar surface area (TPSA) is 118 Å². The zero-order chi connectivity index (χ0) is 23.6. The van der Waals surface area contributed by atoms with Crippen molar-refractivity contribution in [2.75, 3.05) is 6.61 Å². The van der Waals surface area contributed by atoms with Gasteiger partial charge in [0.2, 0.25) is 0 Å². The molecule has 0 aromatic heterocycles. The number of fused-ring (bicyclic) bond motifs is 5.